The quantitative estimate of drug-likeness (QED) is 0.0156. The van der Waals surface area contributed by atoms with E-state index in [2.05, 4.69) is 156 Å². The maximum atomic E-state index is 13.8. The molecule has 2 amide bonds. The zero-order valence-corrected chi connectivity index (χ0v) is 59.5. The van der Waals surface area contributed by atoms with E-state index in [1.807, 2.05) is 139 Å². The number of para-hydroxylation sites is 2. The molecule has 6 aromatic carbocycles. The number of allylic oxidation sites excluding steroid dienone is 6. The number of amides is 2. The number of carbonyl (C=O) groups excluding carboxylic acids is 2. The first-order valence-corrected chi connectivity index (χ1v) is 36.3. The third-order valence-corrected chi connectivity index (χ3v) is 20.9. The van der Waals surface area contributed by atoms with Crippen molar-refractivity contribution >= 4 is 61.4 Å². The van der Waals surface area contributed by atoms with Crippen LogP contribution >= 0.6 is 0 Å². The van der Waals surface area contributed by atoms with Crippen LogP contribution in [-0.2, 0) is 59.7 Å². The van der Waals surface area contributed by atoms with Crippen molar-refractivity contribution in [1.82, 2.24) is 20.3 Å². The molecule has 2 aliphatic heterocycles. The molecule has 14 nitrogen and oxygen atoms in total. The lowest BCUT2D eigenvalue weighted by Crippen LogP contribution is -2.32. The first kappa shape index (κ1) is 71.6. The molecule has 0 saturated heterocycles. The van der Waals surface area contributed by atoms with Gasteiger partial charge >= 0.3 is 0 Å². The van der Waals surface area contributed by atoms with Crippen molar-refractivity contribution in [2.75, 3.05) is 31.1 Å². The lowest BCUT2D eigenvalue weighted by atomic mass is 9.81. The number of hydrazone groups is 2. The average molecular weight is 1310 g/mol. The highest BCUT2D eigenvalue weighted by Crippen LogP contribution is 2.48. The Morgan fingerprint density at radius 3 is 1.55 bits per heavy atom. The Labute approximate surface area is 561 Å². The fourth-order valence-electron chi connectivity index (χ4n) is 12.7. The van der Waals surface area contributed by atoms with E-state index < -0.39 is 20.0 Å². The van der Waals surface area contributed by atoms with Crippen molar-refractivity contribution in [3.63, 3.8) is 0 Å². The SMILES string of the molecule is CCc1cc(C(C)C)cc(C(C)C)c1S(=O)(=O)NN=Cc1ccc(CCNC(=O)CC[N+]2=C(C=CC=CC=C3N(CCC(=O)NCCc4ccc(C=NNS(=O)(=O)c5c(C(C)C)cc(C(C)C)cc5C(C)C)cc4)c4ccccc4C3(C)C)C(C)(C)c3ccccc32)cc1. The molecule has 2 heterocycles. The Hall–Kier alpha value is -8.21. The minimum Gasteiger partial charge on any atom is -0.356 e. The number of nitrogens with zero attached hydrogens (tertiary/aromatic N) is 4. The lowest BCUT2D eigenvalue weighted by Gasteiger charge is -2.27. The van der Waals surface area contributed by atoms with Crippen LogP contribution in [0.1, 0.15) is 213 Å². The van der Waals surface area contributed by atoms with E-state index >= 15 is 0 Å². The molecule has 0 unspecified atom stereocenters. The predicted molar refractivity (Wildman–Crippen MR) is 387 cm³/mol. The van der Waals surface area contributed by atoms with Gasteiger partial charge in [-0.1, -0.05) is 217 Å². The second-order valence-corrected chi connectivity index (χ2v) is 30.6. The highest BCUT2D eigenvalue weighted by atomic mass is 32.2. The average Bonchev–Trinajstić information content (AvgIpc) is 1.53. The Kier molecular flexibility index (Phi) is 23.6. The summed E-state index contributed by atoms with van der Waals surface area (Å²) in [6.45, 7) is 33.3. The van der Waals surface area contributed by atoms with Gasteiger partial charge in [-0.25, -0.2) is 9.66 Å². The van der Waals surface area contributed by atoms with Crippen LogP contribution in [0.25, 0.3) is 0 Å². The summed E-state index contributed by atoms with van der Waals surface area (Å²) in [5.41, 5.74) is 15.1. The van der Waals surface area contributed by atoms with Crippen molar-refractivity contribution in [3.8, 4) is 0 Å². The largest absolute Gasteiger partial charge is 0.356 e. The molecule has 0 saturated carbocycles. The fourth-order valence-corrected chi connectivity index (χ4v) is 15.6. The maximum Gasteiger partial charge on any atom is 0.277 e. The monoisotopic (exact) mass is 1310 g/mol. The van der Waals surface area contributed by atoms with E-state index in [4.69, 9.17) is 0 Å². The number of nitrogens with one attached hydrogen (secondary N) is 4. The summed E-state index contributed by atoms with van der Waals surface area (Å²) in [7, 11) is -7.86. The van der Waals surface area contributed by atoms with Crippen molar-refractivity contribution in [1.29, 1.82) is 0 Å². The van der Waals surface area contributed by atoms with Gasteiger partial charge in [-0.05, 0) is 136 Å². The molecule has 16 heteroatoms. The van der Waals surface area contributed by atoms with Gasteiger partial charge < -0.3 is 15.5 Å². The molecule has 0 fully saturated rings. The molecule has 8 rings (SSSR count). The van der Waals surface area contributed by atoms with Crippen LogP contribution in [0, 0.1) is 0 Å². The molecule has 4 N–H and O–H groups in total. The zero-order chi connectivity index (χ0) is 68.3. The highest BCUT2D eigenvalue weighted by molar-refractivity contribution is 7.89. The summed E-state index contributed by atoms with van der Waals surface area (Å²) in [5, 5.41) is 14.6. The molecule has 0 bridgehead atoms. The number of rotatable bonds is 29. The van der Waals surface area contributed by atoms with Gasteiger partial charge in [0.25, 0.3) is 20.0 Å². The molecule has 498 valence electrons. The van der Waals surface area contributed by atoms with Crippen LogP contribution in [0.4, 0.5) is 11.4 Å². The van der Waals surface area contributed by atoms with Crippen LogP contribution in [0.3, 0.4) is 0 Å². The molecule has 0 aromatic heterocycles. The van der Waals surface area contributed by atoms with Crippen molar-refractivity contribution in [3.05, 3.63) is 224 Å². The molecule has 0 aliphatic carbocycles. The Balaban J connectivity index is 0.839. The van der Waals surface area contributed by atoms with E-state index in [0.29, 0.717) is 68.1 Å². The van der Waals surface area contributed by atoms with Gasteiger partial charge in [-0.2, -0.15) is 31.6 Å². The predicted octanol–water partition coefficient (Wildman–Crippen LogP) is 15.2. The van der Waals surface area contributed by atoms with Gasteiger partial charge in [0, 0.05) is 60.6 Å². The number of anilines is 1. The molecule has 2 aliphatic rings. The Bertz CT molecular complexity index is 4100. The topological polar surface area (TPSA) is 182 Å². The molecule has 6 aromatic rings. The highest BCUT2D eigenvalue weighted by Gasteiger charge is 2.44. The minimum atomic E-state index is -3.95. The van der Waals surface area contributed by atoms with Crippen LogP contribution in [0.5, 0.6) is 0 Å². The number of aryl methyl sites for hydroxylation is 1. The van der Waals surface area contributed by atoms with Crippen LogP contribution in [0.15, 0.2) is 177 Å². The lowest BCUT2D eigenvalue weighted by molar-refractivity contribution is -0.436. The Morgan fingerprint density at radius 2 is 1.03 bits per heavy atom. The number of benzene rings is 6. The fraction of sp³-hybridized carbons (Fsp3) is 0.397. The molecular weight excluding hydrogens is 1210 g/mol. The maximum absolute atomic E-state index is 13.8. The van der Waals surface area contributed by atoms with Crippen LogP contribution < -0.4 is 25.2 Å². The number of fused-ring (bicyclic) bond motifs is 2. The summed E-state index contributed by atoms with van der Waals surface area (Å²) in [6.07, 6.45) is 15.9. The van der Waals surface area contributed by atoms with Gasteiger partial charge in [0.15, 0.2) is 12.3 Å². The van der Waals surface area contributed by atoms with E-state index in [9.17, 15) is 26.4 Å². The smallest absolute Gasteiger partial charge is 0.277 e. The van der Waals surface area contributed by atoms with Crippen LogP contribution in [0.2, 0.25) is 0 Å². The van der Waals surface area contributed by atoms with Crippen molar-refractivity contribution in [2.24, 2.45) is 10.2 Å². The minimum absolute atomic E-state index is 0.00689. The van der Waals surface area contributed by atoms with Gasteiger partial charge in [-0.15, -0.1) is 0 Å². The number of carbonyl (C=O) groups is 2. The summed E-state index contributed by atoms with van der Waals surface area (Å²) >= 11 is 0. The van der Waals surface area contributed by atoms with Gasteiger partial charge in [0.2, 0.25) is 17.5 Å². The molecular formula is C78H99N8O6S2+. The van der Waals surface area contributed by atoms with Gasteiger partial charge in [-0.3, -0.25) is 9.59 Å². The first-order chi connectivity index (χ1) is 44.5. The standard InChI is InChI=1S/C78H98N8O6S2/c1-16-61-46-62(52(2)3)47-64(54(6)7)75(61)93(89,90)83-81-50-59-34-30-57(31-35-59)38-42-79-73(87)40-44-85-69-26-22-20-24-67(69)77(12,13)71(85)28-18-17-19-29-72-78(14,15)68-25-21-23-27-70(68)86(72)45-41-74(88)80-43-39-58-32-36-60(37-33-58)51-82-84-94(91,92)76-65(55(8)9)48-63(53(4)5)49-66(76)56(10)11/h17-37,46-56,83-84H,16,38-45H2,1-15H3,(H-,79,80,87,88)/p+1. The third kappa shape index (κ3) is 17.0. The van der Waals surface area contributed by atoms with Gasteiger partial charge in [0.05, 0.1) is 34.1 Å². The van der Waals surface area contributed by atoms with E-state index in [1.165, 1.54) is 23.6 Å². The molecule has 0 atom stereocenters. The molecule has 0 spiro atoms. The second-order valence-electron chi connectivity index (χ2n) is 27.4. The summed E-state index contributed by atoms with van der Waals surface area (Å²) < 4.78 is 57.2. The Morgan fingerprint density at radius 1 is 0.553 bits per heavy atom. The second kappa shape index (κ2) is 30.9. The first-order valence-electron chi connectivity index (χ1n) is 33.4. The van der Waals surface area contributed by atoms with E-state index in [1.54, 1.807) is 0 Å². The number of hydrogen-bond donors (Lipinski definition) is 4. The number of hydrogen-bond acceptors (Lipinski definition) is 9. The van der Waals surface area contributed by atoms with Crippen molar-refractivity contribution < 1.29 is 31.0 Å². The van der Waals surface area contributed by atoms with E-state index in [0.717, 1.165) is 78.4 Å². The molecule has 0 radical (unpaired) electrons. The normalized spacial score (nSPS) is 15.2. The summed E-state index contributed by atoms with van der Waals surface area (Å²) in [6, 6.07) is 40.3. The van der Waals surface area contributed by atoms with Crippen LogP contribution in [-0.4, -0.2) is 77.5 Å². The summed E-state index contributed by atoms with van der Waals surface area (Å²) in [4.78, 5) is 34.8. The summed E-state index contributed by atoms with van der Waals surface area (Å²) in [5.74, 6) is 0.496. The third-order valence-electron chi connectivity index (χ3n) is 18.2. The van der Waals surface area contributed by atoms with Crippen molar-refractivity contribution in [2.45, 2.75) is 186 Å². The van der Waals surface area contributed by atoms with Gasteiger partial charge in [0.1, 0.15) is 0 Å². The molecule has 94 heavy (non-hydrogen) atoms. The van der Waals surface area contributed by atoms with E-state index in [-0.39, 0.29) is 52.2 Å². The number of sulfonamides is 2. The zero-order valence-electron chi connectivity index (χ0n) is 57.9.